The molecule has 0 radical (unpaired) electrons. The third kappa shape index (κ3) is 5.98. The van der Waals surface area contributed by atoms with Gasteiger partial charge in [-0.15, -0.1) is 0 Å². The number of carbonyl (C=O) groups excluding carboxylic acids is 1. The smallest absolute Gasteiger partial charge is 0.306 e. The fourth-order valence-electron chi connectivity index (χ4n) is 1.51. The van der Waals surface area contributed by atoms with E-state index in [0.717, 1.165) is 0 Å². The highest BCUT2D eigenvalue weighted by molar-refractivity contribution is 5.76. The van der Waals surface area contributed by atoms with Crippen LogP contribution in [0.25, 0.3) is 0 Å². The van der Waals surface area contributed by atoms with Gasteiger partial charge in [0.2, 0.25) is 11.8 Å². The maximum atomic E-state index is 11.5. The summed E-state index contributed by atoms with van der Waals surface area (Å²) < 4.78 is 4.89. The third-order valence-corrected chi connectivity index (χ3v) is 2.69. The standard InChI is InChI=1S/C12H19N3O4/c1-8(12(17)18)4-3-7-13-10(16)5-6-11-14-9(2)15-19-11/h8H,3-7H2,1-2H3,(H,13,16)(H,17,18). The Morgan fingerprint density at radius 3 is 2.79 bits per heavy atom. The van der Waals surface area contributed by atoms with Gasteiger partial charge in [0.1, 0.15) is 0 Å². The number of nitrogens with one attached hydrogen (secondary N) is 1. The zero-order valence-corrected chi connectivity index (χ0v) is 11.2. The molecule has 19 heavy (non-hydrogen) atoms. The lowest BCUT2D eigenvalue weighted by Gasteiger charge is -2.06. The summed E-state index contributed by atoms with van der Waals surface area (Å²) in [4.78, 5) is 26.1. The first-order valence-corrected chi connectivity index (χ1v) is 6.27. The number of aryl methyl sites for hydroxylation is 2. The maximum absolute atomic E-state index is 11.5. The van der Waals surface area contributed by atoms with Gasteiger partial charge in [-0.3, -0.25) is 9.59 Å². The molecule has 0 aliphatic rings. The van der Waals surface area contributed by atoms with Crippen molar-refractivity contribution in [2.24, 2.45) is 5.92 Å². The molecule has 106 valence electrons. The van der Waals surface area contributed by atoms with E-state index in [0.29, 0.717) is 37.5 Å². The van der Waals surface area contributed by atoms with Crippen LogP contribution in [0.15, 0.2) is 4.52 Å². The molecule has 0 saturated heterocycles. The number of carboxylic acid groups (broad SMARTS) is 1. The summed E-state index contributed by atoms with van der Waals surface area (Å²) >= 11 is 0. The molecular formula is C12H19N3O4. The molecule has 1 rings (SSSR count). The molecule has 1 heterocycles. The highest BCUT2D eigenvalue weighted by atomic mass is 16.5. The van der Waals surface area contributed by atoms with Gasteiger partial charge in [-0.2, -0.15) is 4.98 Å². The number of aliphatic carboxylic acids is 1. The van der Waals surface area contributed by atoms with E-state index < -0.39 is 5.97 Å². The molecule has 0 aliphatic carbocycles. The molecule has 7 heteroatoms. The van der Waals surface area contributed by atoms with Crippen LogP contribution < -0.4 is 5.32 Å². The van der Waals surface area contributed by atoms with E-state index in [1.807, 2.05) is 0 Å². The van der Waals surface area contributed by atoms with Crippen LogP contribution in [-0.2, 0) is 16.0 Å². The van der Waals surface area contributed by atoms with E-state index in [1.54, 1.807) is 13.8 Å². The number of carboxylic acids is 1. The Bertz CT molecular complexity index is 430. The Morgan fingerprint density at radius 1 is 1.47 bits per heavy atom. The van der Waals surface area contributed by atoms with Gasteiger partial charge in [0.25, 0.3) is 0 Å². The summed E-state index contributed by atoms with van der Waals surface area (Å²) in [5, 5.41) is 15.1. The van der Waals surface area contributed by atoms with Crippen LogP contribution in [-0.4, -0.2) is 33.7 Å². The van der Waals surface area contributed by atoms with Crippen LogP contribution in [0.4, 0.5) is 0 Å². The normalized spacial score (nSPS) is 12.1. The molecular weight excluding hydrogens is 250 g/mol. The molecule has 7 nitrogen and oxygen atoms in total. The first-order chi connectivity index (χ1) is 8.99. The predicted molar refractivity (Wildman–Crippen MR) is 66.4 cm³/mol. The van der Waals surface area contributed by atoms with Gasteiger partial charge < -0.3 is 14.9 Å². The predicted octanol–water partition coefficient (Wildman–Crippen LogP) is 0.928. The lowest BCUT2D eigenvalue weighted by atomic mass is 10.1. The molecule has 1 amide bonds. The molecule has 1 aromatic heterocycles. The lowest BCUT2D eigenvalue weighted by Crippen LogP contribution is -2.25. The summed E-state index contributed by atoms with van der Waals surface area (Å²) in [7, 11) is 0. The number of aromatic nitrogens is 2. The number of amides is 1. The van der Waals surface area contributed by atoms with Crippen molar-refractivity contribution in [2.45, 2.75) is 39.5 Å². The van der Waals surface area contributed by atoms with E-state index >= 15 is 0 Å². The van der Waals surface area contributed by atoms with Gasteiger partial charge in [-0.1, -0.05) is 12.1 Å². The number of hydrogen-bond acceptors (Lipinski definition) is 5. The van der Waals surface area contributed by atoms with Gasteiger partial charge in [0, 0.05) is 19.4 Å². The van der Waals surface area contributed by atoms with Crippen molar-refractivity contribution in [3.8, 4) is 0 Å². The highest BCUT2D eigenvalue weighted by Crippen LogP contribution is 2.04. The number of rotatable bonds is 8. The highest BCUT2D eigenvalue weighted by Gasteiger charge is 2.10. The fourth-order valence-corrected chi connectivity index (χ4v) is 1.51. The lowest BCUT2D eigenvalue weighted by molar-refractivity contribution is -0.141. The monoisotopic (exact) mass is 269 g/mol. The zero-order chi connectivity index (χ0) is 14.3. The van der Waals surface area contributed by atoms with Gasteiger partial charge in [0.05, 0.1) is 5.92 Å². The van der Waals surface area contributed by atoms with Gasteiger partial charge in [-0.05, 0) is 19.8 Å². The van der Waals surface area contributed by atoms with Crippen LogP contribution >= 0.6 is 0 Å². The number of nitrogens with zero attached hydrogens (tertiary/aromatic N) is 2. The largest absolute Gasteiger partial charge is 0.481 e. The summed E-state index contributed by atoms with van der Waals surface area (Å²) in [6.45, 7) is 3.86. The minimum absolute atomic E-state index is 0.0983. The van der Waals surface area contributed by atoms with Crippen molar-refractivity contribution in [1.29, 1.82) is 0 Å². The molecule has 1 aromatic rings. The Labute approximate surface area is 111 Å². The second-order valence-electron chi connectivity index (χ2n) is 4.47. The van der Waals surface area contributed by atoms with Crippen molar-refractivity contribution in [3.05, 3.63) is 11.7 Å². The van der Waals surface area contributed by atoms with Crippen LogP contribution in [0.3, 0.4) is 0 Å². The molecule has 0 aromatic carbocycles. The van der Waals surface area contributed by atoms with Crippen molar-refractivity contribution in [1.82, 2.24) is 15.5 Å². The summed E-state index contributed by atoms with van der Waals surface area (Å²) in [6.07, 6.45) is 1.91. The quantitative estimate of drug-likeness (QED) is 0.680. The van der Waals surface area contributed by atoms with Gasteiger partial charge in [0.15, 0.2) is 5.82 Å². The van der Waals surface area contributed by atoms with Crippen LogP contribution in [0.1, 0.15) is 37.9 Å². The minimum atomic E-state index is -0.807. The van der Waals surface area contributed by atoms with Crippen molar-refractivity contribution in [3.63, 3.8) is 0 Å². The SMILES string of the molecule is Cc1noc(CCC(=O)NCCCC(C)C(=O)O)n1. The van der Waals surface area contributed by atoms with Crippen LogP contribution in [0.5, 0.6) is 0 Å². The average molecular weight is 269 g/mol. The maximum Gasteiger partial charge on any atom is 0.306 e. The third-order valence-electron chi connectivity index (χ3n) is 2.69. The van der Waals surface area contributed by atoms with Crippen molar-refractivity contribution < 1.29 is 19.2 Å². The van der Waals surface area contributed by atoms with Gasteiger partial charge in [-0.25, -0.2) is 0 Å². The fraction of sp³-hybridized carbons (Fsp3) is 0.667. The second kappa shape index (κ2) is 7.50. The molecule has 0 bridgehead atoms. The molecule has 0 fully saturated rings. The van der Waals surface area contributed by atoms with E-state index in [4.69, 9.17) is 9.63 Å². The Morgan fingerprint density at radius 2 is 2.21 bits per heavy atom. The van der Waals surface area contributed by atoms with Crippen molar-refractivity contribution in [2.75, 3.05) is 6.54 Å². The number of carbonyl (C=O) groups is 2. The summed E-state index contributed by atoms with van der Waals surface area (Å²) in [5.74, 6) is -0.277. The van der Waals surface area contributed by atoms with E-state index in [1.165, 1.54) is 0 Å². The van der Waals surface area contributed by atoms with E-state index in [-0.39, 0.29) is 18.2 Å². The molecule has 0 spiro atoms. The van der Waals surface area contributed by atoms with Crippen LogP contribution in [0.2, 0.25) is 0 Å². The van der Waals surface area contributed by atoms with Crippen LogP contribution in [0, 0.1) is 12.8 Å². The molecule has 1 unspecified atom stereocenters. The molecule has 2 N–H and O–H groups in total. The first kappa shape index (κ1) is 15.1. The van der Waals surface area contributed by atoms with E-state index in [9.17, 15) is 9.59 Å². The van der Waals surface area contributed by atoms with Gasteiger partial charge >= 0.3 is 5.97 Å². The molecule has 0 saturated carbocycles. The molecule has 0 aliphatic heterocycles. The topological polar surface area (TPSA) is 105 Å². The Hall–Kier alpha value is -1.92. The summed E-state index contributed by atoms with van der Waals surface area (Å²) in [5.41, 5.74) is 0. The molecule has 1 atom stereocenters. The Kier molecular flexibility index (Phi) is 5.98. The zero-order valence-electron chi connectivity index (χ0n) is 11.2. The van der Waals surface area contributed by atoms with E-state index in [2.05, 4.69) is 15.5 Å². The van der Waals surface area contributed by atoms with Crippen molar-refractivity contribution >= 4 is 11.9 Å². The second-order valence-corrected chi connectivity index (χ2v) is 4.47. The number of hydrogen-bond donors (Lipinski definition) is 2. The first-order valence-electron chi connectivity index (χ1n) is 6.27. The Balaban J connectivity index is 2.10. The minimum Gasteiger partial charge on any atom is -0.481 e. The summed E-state index contributed by atoms with van der Waals surface area (Å²) in [6, 6.07) is 0. The average Bonchev–Trinajstić information content (AvgIpc) is 2.77.